The molecule has 1 aromatic carbocycles. The number of hydrogen-bond acceptors (Lipinski definition) is 3. The lowest BCUT2D eigenvalue weighted by molar-refractivity contribution is -0.0328. The smallest absolute Gasteiger partial charge is 0.441 e. The first-order chi connectivity index (χ1) is 9.79. The van der Waals surface area contributed by atoms with Gasteiger partial charge in [0.25, 0.3) is 0 Å². The van der Waals surface area contributed by atoms with Crippen molar-refractivity contribution < 1.29 is 17.9 Å². The van der Waals surface area contributed by atoms with E-state index in [0.29, 0.717) is 23.8 Å². The molecule has 0 amide bonds. The van der Waals surface area contributed by atoms with Gasteiger partial charge in [-0.1, -0.05) is 36.2 Å². The standard InChI is InChI=1S/C14H18ClF3OS2/c1-10-8-11(15)12(9-13(10)20)19-6-4-2-3-5-7-21-14(16,17)18/h8-9,20H,2-7H2,1H3. The molecule has 0 bridgehead atoms. The van der Waals surface area contributed by atoms with E-state index in [1.807, 2.05) is 6.92 Å². The van der Waals surface area contributed by atoms with E-state index in [-0.39, 0.29) is 17.5 Å². The highest BCUT2D eigenvalue weighted by Crippen LogP contribution is 2.31. The first kappa shape index (κ1) is 18.8. The van der Waals surface area contributed by atoms with Crippen molar-refractivity contribution in [2.75, 3.05) is 12.4 Å². The largest absolute Gasteiger partial charge is 0.492 e. The van der Waals surface area contributed by atoms with E-state index in [1.165, 1.54) is 0 Å². The van der Waals surface area contributed by atoms with Crippen LogP contribution >= 0.6 is 36.0 Å². The van der Waals surface area contributed by atoms with E-state index in [4.69, 9.17) is 16.3 Å². The van der Waals surface area contributed by atoms with Crippen LogP contribution in [0.15, 0.2) is 17.0 Å². The SMILES string of the molecule is Cc1cc(Cl)c(OCCCCCCSC(F)(F)F)cc1S. The number of thioether (sulfide) groups is 1. The third-order valence-electron chi connectivity index (χ3n) is 2.81. The molecule has 0 N–H and O–H groups in total. The quantitative estimate of drug-likeness (QED) is 0.442. The number of halogens is 4. The summed E-state index contributed by atoms with van der Waals surface area (Å²) in [5, 5.41) is 0.548. The minimum atomic E-state index is -4.12. The number of ether oxygens (including phenoxy) is 1. The second-order valence-corrected chi connectivity index (χ2v) is 6.67. The number of alkyl halides is 3. The Hall–Kier alpha value is -0.200. The Balaban J connectivity index is 2.14. The summed E-state index contributed by atoms with van der Waals surface area (Å²) in [6.45, 7) is 2.42. The predicted octanol–water partition coefficient (Wildman–Crippen LogP) is 6.13. The molecule has 0 saturated carbocycles. The van der Waals surface area contributed by atoms with Crippen LogP contribution in [0.25, 0.3) is 0 Å². The van der Waals surface area contributed by atoms with Crippen LogP contribution in [0.4, 0.5) is 13.2 Å². The van der Waals surface area contributed by atoms with Gasteiger partial charge in [-0.3, -0.25) is 0 Å². The predicted molar refractivity (Wildman–Crippen MR) is 85.9 cm³/mol. The van der Waals surface area contributed by atoms with Crippen LogP contribution in [0, 0.1) is 6.92 Å². The lowest BCUT2D eigenvalue weighted by atomic mass is 10.2. The van der Waals surface area contributed by atoms with Gasteiger partial charge in [0.1, 0.15) is 5.75 Å². The van der Waals surface area contributed by atoms with E-state index in [9.17, 15) is 13.2 Å². The Labute approximate surface area is 138 Å². The zero-order valence-corrected chi connectivity index (χ0v) is 14.1. The van der Waals surface area contributed by atoms with E-state index < -0.39 is 5.51 Å². The van der Waals surface area contributed by atoms with Gasteiger partial charge in [0.15, 0.2) is 0 Å². The van der Waals surface area contributed by atoms with Crippen LogP contribution < -0.4 is 4.74 Å². The van der Waals surface area contributed by atoms with Gasteiger partial charge in [-0.05, 0) is 37.5 Å². The van der Waals surface area contributed by atoms with Gasteiger partial charge in [0.05, 0.1) is 11.6 Å². The molecule has 0 radical (unpaired) electrons. The van der Waals surface area contributed by atoms with Crippen LogP contribution in [0.2, 0.25) is 5.02 Å². The molecule has 0 atom stereocenters. The highest BCUT2D eigenvalue weighted by Gasteiger charge is 2.27. The maximum atomic E-state index is 11.9. The number of unbranched alkanes of at least 4 members (excludes halogenated alkanes) is 3. The topological polar surface area (TPSA) is 9.23 Å². The fraction of sp³-hybridized carbons (Fsp3) is 0.571. The zero-order chi connectivity index (χ0) is 15.9. The molecule has 0 saturated heterocycles. The molecule has 0 aliphatic heterocycles. The van der Waals surface area contributed by atoms with Crippen molar-refractivity contribution >= 4 is 36.0 Å². The van der Waals surface area contributed by atoms with Gasteiger partial charge in [-0.25, -0.2) is 0 Å². The molecule has 7 heteroatoms. The summed E-state index contributed by atoms with van der Waals surface area (Å²) in [6.07, 6.45) is 2.97. The highest BCUT2D eigenvalue weighted by atomic mass is 35.5. The van der Waals surface area contributed by atoms with Gasteiger partial charge in [-0.15, -0.1) is 12.6 Å². The summed E-state index contributed by atoms with van der Waals surface area (Å²) < 4.78 is 41.3. The maximum Gasteiger partial charge on any atom is 0.441 e. The average molecular weight is 359 g/mol. The van der Waals surface area contributed by atoms with E-state index in [0.717, 1.165) is 29.7 Å². The second-order valence-electron chi connectivity index (χ2n) is 4.63. The fourth-order valence-electron chi connectivity index (χ4n) is 1.68. The Morgan fingerprint density at radius 1 is 1.19 bits per heavy atom. The van der Waals surface area contributed by atoms with Crippen molar-refractivity contribution in [3.05, 3.63) is 22.7 Å². The summed E-state index contributed by atoms with van der Waals surface area (Å²) >= 11 is 10.4. The average Bonchev–Trinajstić information content (AvgIpc) is 2.37. The third kappa shape index (κ3) is 8.12. The number of thiol groups is 1. The molecular formula is C14H18ClF3OS2. The summed E-state index contributed by atoms with van der Waals surface area (Å²) in [6, 6.07) is 3.58. The molecule has 0 aromatic heterocycles. The molecular weight excluding hydrogens is 341 g/mol. The minimum Gasteiger partial charge on any atom is -0.492 e. The van der Waals surface area contributed by atoms with Crippen molar-refractivity contribution in [2.45, 2.75) is 43.0 Å². The highest BCUT2D eigenvalue weighted by molar-refractivity contribution is 8.00. The molecule has 0 aliphatic carbocycles. The van der Waals surface area contributed by atoms with E-state index >= 15 is 0 Å². The van der Waals surface area contributed by atoms with Crippen LogP contribution in [-0.2, 0) is 0 Å². The van der Waals surface area contributed by atoms with Crippen molar-refractivity contribution in [3.8, 4) is 5.75 Å². The first-order valence-corrected chi connectivity index (χ1v) is 8.43. The lowest BCUT2D eigenvalue weighted by Crippen LogP contribution is -2.01. The fourth-order valence-corrected chi connectivity index (χ4v) is 2.71. The number of hydrogen-bond donors (Lipinski definition) is 1. The maximum absolute atomic E-state index is 11.9. The summed E-state index contributed by atoms with van der Waals surface area (Å²) in [5.41, 5.74) is -3.13. The summed E-state index contributed by atoms with van der Waals surface area (Å²) in [5.74, 6) is 0.719. The van der Waals surface area contributed by atoms with E-state index in [1.54, 1.807) is 12.1 Å². The Bertz CT molecular complexity index is 453. The second kappa shape index (κ2) is 9.06. The van der Waals surface area contributed by atoms with Gasteiger partial charge in [0.2, 0.25) is 0 Å². The van der Waals surface area contributed by atoms with Gasteiger partial charge in [-0.2, -0.15) is 13.2 Å². The van der Waals surface area contributed by atoms with Crippen LogP contribution in [0.5, 0.6) is 5.75 Å². The van der Waals surface area contributed by atoms with E-state index in [2.05, 4.69) is 12.6 Å². The van der Waals surface area contributed by atoms with Gasteiger partial charge < -0.3 is 4.74 Å². The number of benzene rings is 1. The molecule has 1 aromatic rings. The molecule has 0 spiro atoms. The van der Waals surface area contributed by atoms with Crippen molar-refractivity contribution in [1.82, 2.24) is 0 Å². The molecule has 120 valence electrons. The molecule has 0 aliphatic rings. The monoisotopic (exact) mass is 358 g/mol. The van der Waals surface area contributed by atoms with Crippen LogP contribution in [0.3, 0.4) is 0 Å². The van der Waals surface area contributed by atoms with Gasteiger partial charge in [0, 0.05) is 10.6 Å². The third-order valence-corrected chi connectivity index (χ3v) is 4.41. The molecule has 0 heterocycles. The van der Waals surface area contributed by atoms with Gasteiger partial charge >= 0.3 is 5.51 Å². The Kier molecular flexibility index (Phi) is 8.13. The summed E-state index contributed by atoms with van der Waals surface area (Å²) in [4.78, 5) is 0.818. The minimum absolute atomic E-state index is 0.0419. The number of rotatable bonds is 8. The number of aryl methyl sites for hydroxylation is 1. The van der Waals surface area contributed by atoms with Crippen LogP contribution in [-0.4, -0.2) is 17.9 Å². The lowest BCUT2D eigenvalue weighted by Gasteiger charge is -2.10. The Morgan fingerprint density at radius 3 is 2.52 bits per heavy atom. The molecule has 1 rings (SSSR count). The van der Waals surface area contributed by atoms with Crippen LogP contribution in [0.1, 0.15) is 31.2 Å². The Morgan fingerprint density at radius 2 is 1.86 bits per heavy atom. The molecule has 21 heavy (non-hydrogen) atoms. The zero-order valence-electron chi connectivity index (χ0n) is 11.7. The van der Waals surface area contributed by atoms with Crippen molar-refractivity contribution in [3.63, 3.8) is 0 Å². The van der Waals surface area contributed by atoms with Crippen molar-refractivity contribution in [2.24, 2.45) is 0 Å². The molecule has 1 nitrogen and oxygen atoms in total. The van der Waals surface area contributed by atoms with Crippen molar-refractivity contribution in [1.29, 1.82) is 0 Å². The first-order valence-electron chi connectivity index (χ1n) is 6.62. The molecule has 0 unspecified atom stereocenters. The normalized spacial score (nSPS) is 11.7. The summed E-state index contributed by atoms with van der Waals surface area (Å²) in [7, 11) is 0. The molecule has 0 fully saturated rings.